The fraction of sp³-hybridized carbons (Fsp3) is 0.308. The summed E-state index contributed by atoms with van der Waals surface area (Å²) in [6.45, 7) is 6.05. The number of ether oxygens (including phenoxy) is 1. The third kappa shape index (κ3) is 6.31. The average molecular weight is 462 g/mol. The number of anilines is 3. The Morgan fingerprint density at radius 3 is 2.26 bits per heavy atom. The first-order valence-corrected chi connectivity index (χ1v) is 11.1. The van der Waals surface area contributed by atoms with E-state index in [2.05, 4.69) is 15.3 Å². The number of aromatic nitrogens is 2. The number of hydrogen-bond acceptors (Lipinski definition) is 6. The number of nitrogens with zero attached hydrogens (tertiary/aromatic N) is 4. The van der Waals surface area contributed by atoms with Crippen molar-refractivity contribution in [1.82, 2.24) is 9.97 Å². The van der Waals surface area contributed by atoms with Crippen molar-refractivity contribution < 1.29 is 14.3 Å². The largest absolute Gasteiger partial charge is 0.449 e. The van der Waals surface area contributed by atoms with Crippen molar-refractivity contribution in [2.75, 3.05) is 35.8 Å². The minimum absolute atomic E-state index is 0.232. The van der Waals surface area contributed by atoms with Crippen molar-refractivity contribution in [3.63, 3.8) is 0 Å². The molecule has 0 saturated carbocycles. The molecule has 0 fully saturated rings. The molecule has 178 valence electrons. The molecule has 0 unspecified atom stereocenters. The summed E-state index contributed by atoms with van der Waals surface area (Å²) in [7, 11) is 3.68. The third-order valence-corrected chi connectivity index (χ3v) is 5.00. The number of carbonyl (C=O) groups is 2. The molecule has 0 saturated heterocycles. The number of pyridine rings is 2. The Bertz CT molecular complexity index is 1110. The monoisotopic (exact) mass is 461 g/mol. The zero-order chi connectivity index (χ0) is 24.7. The van der Waals surface area contributed by atoms with Crippen LogP contribution < -0.4 is 15.1 Å². The Morgan fingerprint density at radius 2 is 1.65 bits per heavy atom. The second-order valence-electron chi connectivity index (χ2n) is 8.96. The van der Waals surface area contributed by atoms with Crippen molar-refractivity contribution in [1.29, 1.82) is 0 Å². The van der Waals surface area contributed by atoms with Gasteiger partial charge >= 0.3 is 6.09 Å². The lowest BCUT2D eigenvalue weighted by Crippen LogP contribution is -2.46. The predicted octanol–water partition coefficient (Wildman–Crippen LogP) is 4.78. The van der Waals surface area contributed by atoms with Crippen molar-refractivity contribution in [2.45, 2.75) is 32.7 Å². The van der Waals surface area contributed by atoms with Gasteiger partial charge in [0.05, 0.1) is 12.2 Å². The molecule has 1 aromatic carbocycles. The van der Waals surface area contributed by atoms with Gasteiger partial charge in [-0.3, -0.25) is 14.7 Å². The molecule has 2 aromatic heterocycles. The summed E-state index contributed by atoms with van der Waals surface area (Å²) < 4.78 is 5.54. The lowest BCUT2D eigenvalue weighted by molar-refractivity contribution is 0.102. The van der Waals surface area contributed by atoms with E-state index in [1.807, 2.05) is 53.1 Å². The summed E-state index contributed by atoms with van der Waals surface area (Å²) in [5.41, 5.74) is 2.11. The quantitative estimate of drug-likeness (QED) is 0.545. The molecule has 0 bridgehead atoms. The minimum Gasteiger partial charge on any atom is -0.449 e. The van der Waals surface area contributed by atoms with Crippen LogP contribution in [0.3, 0.4) is 0 Å². The first-order chi connectivity index (χ1) is 16.2. The molecule has 0 aliphatic heterocycles. The molecule has 0 atom stereocenters. The standard InChI is InChI=1S/C26H31N5O3/c1-26(2,3)31(25(33)34-18-15-19-9-6-7-16-27-19)21-13-11-20(12-14-21)29-24(32)22-10-8-17-28-23(22)30(4)5/h6-14,16-17H,15,18H2,1-5H3,(H,29,32). The average Bonchev–Trinajstić information content (AvgIpc) is 2.80. The highest BCUT2D eigenvalue weighted by molar-refractivity contribution is 6.07. The van der Waals surface area contributed by atoms with Crippen LogP contribution in [0, 0.1) is 0 Å². The molecule has 34 heavy (non-hydrogen) atoms. The molecule has 3 rings (SSSR count). The van der Waals surface area contributed by atoms with Gasteiger partial charge < -0.3 is 15.0 Å². The summed E-state index contributed by atoms with van der Waals surface area (Å²) in [5, 5.41) is 2.89. The first-order valence-electron chi connectivity index (χ1n) is 11.1. The van der Waals surface area contributed by atoms with Gasteiger partial charge in [0.15, 0.2) is 0 Å². The molecule has 0 aliphatic rings. The van der Waals surface area contributed by atoms with Gasteiger partial charge in [-0.05, 0) is 69.3 Å². The second-order valence-corrected chi connectivity index (χ2v) is 8.96. The molecule has 1 N–H and O–H groups in total. The molecular formula is C26H31N5O3. The van der Waals surface area contributed by atoms with Gasteiger partial charge in [-0.1, -0.05) is 6.07 Å². The first kappa shape index (κ1) is 24.7. The van der Waals surface area contributed by atoms with Crippen LogP contribution in [0.15, 0.2) is 67.0 Å². The van der Waals surface area contributed by atoms with Crippen LogP contribution in [-0.4, -0.2) is 48.2 Å². The van der Waals surface area contributed by atoms with Gasteiger partial charge in [-0.2, -0.15) is 0 Å². The van der Waals surface area contributed by atoms with E-state index in [0.717, 1.165) is 5.69 Å². The van der Waals surface area contributed by atoms with E-state index >= 15 is 0 Å². The predicted molar refractivity (Wildman–Crippen MR) is 134 cm³/mol. The molecular weight excluding hydrogens is 430 g/mol. The van der Waals surface area contributed by atoms with Crippen molar-refractivity contribution in [3.05, 3.63) is 78.2 Å². The van der Waals surface area contributed by atoms with Crippen LogP contribution in [0.1, 0.15) is 36.8 Å². The van der Waals surface area contributed by atoms with Crippen LogP contribution in [0.4, 0.5) is 22.0 Å². The maximum Gasteiger partial charge on any atom is 0.414 e. The van der Waals surface area contributed by atoms with Crippen molar-refractivity contribution >= 4 is 29.2 Å². The molecule has 0 radical (unpaired) electrons. The fourth-order valence-corrected chi connectivity index (χ4v) is 3.44. The summed E-state index contributed by atoms with van der Waals surface area (Å²) in [6, 6.07) is 16.2. The number of rotatable bonds is 7. The molecule has 0 aliphatic carbocycles. The number of amides is 2. The van der Waals surface area contributed by atoms with Crippen LogP contribution in [0.25, 0.3) is 0 Å². The van der Waals surface area contributed by atoms with E-state index in [0.29, 0.717) is 29.2 Å². The Kier molecular flexibility index (Phi) is 7.83. The Morgan fingerprint density at radius 1 is 0.941 bits per heavy atom. The number of carbonyl (C=O) groups excluding carboxylic acids is 2. The smallest absolute Gasteiger partial charge is 0.414 e. The van der Waals surface area contributed by atoms with E-state index < -0.39 is 11.6 Å². The Hall–Kier alpha value is -3.94. The van der Waals surface area contributed by atoms with Crippen molar-refractivity contribution in [3.8, 4) is 0 Å². The molecule has 8 heteroatoms. The van der Waals surface area contributed by atoms with Crippen LogP contribution in [0.2, 0.25) is 0 Å². The van der Waals surface area contributed by atoms with E-state index in [-0.39, 0.29) is 12.5 Å². The molecule has 2 heterocycles. The molecule has 2 amide bonds. The Labute approximate surface area is 200 Å². The van der Waals surface area contributed by atoms with Crippen LogP contribution in [-0.2, 0) is 11.2 Å². The fourth-order valence-electron chi connectivity index (χ4n) is 3.44. The summed E-state index contributed by atoms with van der Waals surface area (Å²) in [5.74, 6) is 0.329. The van der Waals surface area contributed by atoms with E-state index in [1.54, 1.807) is 58.6 Å². The number of benzene rings is 1. The Balaban J connectivity index is 1.69. The summed E-state index contributed by atoms with van der Waals surface area (Å²) in [4.78, 5) is 37.6. The van der Waals surface area contributed by atoms with Gasteiger partial charge in [-0.15, -0.1) is 0 Å². The maximum absolute atomic E-state index is 12.9. The minimum atomic E-state index is -0.511. The van der Waals surface area contributed by atoms with E-state index in [9.17, 15) is 9.59 Å². The normalized spacial score (nSPS) is 11.0. The highest BCUT2D eigenvalue weighted by Crippen LogP contribution is 2.27. The summed E-state index contributed by atoms with van der Waals surface area (Å²) in [6.07, 6.45) is 3.47. The lowest BCUT2D eigenvalue weighted by atomic mass is 10.1. The SMILES string of the molecule is CN(C)c1ncccc1C(=O)Nc1ccc(N(C(=O)OCCc2ccccn2)C(C)(C)C)cc1. The zero-order valence-corrected chi connectivity index (χ0v) is 20.3. The van der Waals surface area contributed by atoms with Gasteiger partial charge in [0.1, 0.15) is 5.82 Å². The second kappa shape index (κ2) is 10.8. The van der Waals surface area contributed by atoms with Gasteiger partial charge in [0, 0.05) is 55.5 Å². The van der Waals surface area contributed by atoms with Crippen LogP contribution in [0.5, 0.6) is 0 Å². The van der Waals surface area contributed by atoms with Gasteiger partial charge in [0.2, 0.25) is 0 Å². The molecule has 8 nitrogen and oxygen atoms in total. The highest BCUT2D eigenvalue weighted by Gasteiger charge is 2.29. The number of nitrogens with one attached hydrogen (secondary N) is 1. The zero-order valence-electron chi connectivity index (χ0n) is 20.3. The molecule has 0 spiro atoms. The summed E-state index contributed by atoms with van der Waals surface area (Å²) >= 11 is 0. The van der Waals surface area contributed by atoms with E-state index in [1.165, 1.54) is 0 Å². The topological polar surface area (TPSA) is 87.7 Å². The highest BCUT2D eigenvalue weighted by atomic mass is 16.6. The lowest BCUT2D eigenvalue weighted by Gasteiger charge is -2.34. The third-order valence-electron chi connectivity index (χ3n) is 5.00. The van der Waals surface area contributed by atoms with Gasteiger partial charge in [-0.25, -0.2) is 9.78 Å². The van der Waals surface area contributed by atoms with Crippen LogP contribution >= 0.6 is 0 Å². The maximum atomic E-state index is 12.9. The van der Waals surface area contributed by atoms with E-state index in [4.69, 9.17) is 4.74 Å². The van der Waals surface area contributed by atoms with Crippen molar-refractivity contribution in [2.24, 2.45) is 0 Å². The number of hydrogen-bond donors (Lipinski definition) is 1. The molecule has 3 aromatic rings. The van der Waals surface area contributed by atoms with Gasteiger partial charge in [0.25, 0.3) is 5.91 Å².